The summed E-state index contributed by atoms with van der Waals surface area (Å²) in [5, 5.41) is 3.03. The van der Waals surface area contributed by atoms with Crippen LogP contribution in [0.3, 0.4) is 0 Å². The van der Waals surface area contributed by atoms with Crippen LogP contribution in [0.4, 0.5) is 0 Å². The number of hydrogen-bond acceptors (Lipinski definition) is 5. The Balaban J connectivity index is 2.00. The van der Waals surface area contributed by atoms with Gasteiger partial charge in [-0.25, -0.2) is 13.1 Å². The van der Waals surface area contributed by atoms with E-state index in [0.717, 1.165) is 4.88 Å². The van der Waals surface area contributed by atoms with Gasteiger partial charge in [0.1, 0.15) is 4.90 Å². The van der Waals surface area contributed by atoms with Crippen LogP contribution in [-0.4, -0.2) is 46.0 Å². The Hall–Kier alpha value is 0.01000. The van der Waals surface area contributed by atoms with Gasteiger partial charge in [0.2, 0.25) is 10.0 Å². The van der Waals surface area contributed by atoms with Crippen LogP contribution in [0, 0.1) is 0 Å². The van der Waals surface area contributed by atoms with Gasteiger partial charge in [-0.1, -0.05) is 0 Å². The first kappa shape index (κ1) is 17.4. The summed E-state index contributed by atoms with van der Waals surface area (Å²) >= 11 is 4.80. The number of likely N-dealkylation sites (N-methyl/N-ethyl adjacent to an activating group) is 1. The summed E-state index contributed by atoms with van der Waals surface area (Å²) < 4.78 is 28.2. The first-order valence-corrected chi connectivity index (χ1v) is 10.1. The van der Waals surface area contributed by atoms with Crippen molar-refractivity contribution in [3.63, 3.8) is 0 Å². The highest BCUT2D eigenvalue weighted by atomic mass is 79.9. The summed E-state index contributed by atoms with van der Waals surface area (Å²) in [5.41, 5.74) is 0. The van der Waals surface area contributed by atoms with Crippen molar-refractivity contribution in [2.45, 2.75) is 43.3 Å². The summed E-state index contributed by atoms with van der Waals surface area (Å²) in [6, 6.07) is 2.55. The summed E-state index contributed by atoms with van der Waals surface area (Å²) in [4.78, 5) is 3.57. The van der Waals surface area contributed by atoms with E-state index >= 15 is 0 Å². The molecule has 0 aromatic carbocycles. The zero-order chi connectivity index (χ0) is 15.6. The third-order valence-electron chi connectivity index (χ3n) is 3.73. The molecule has 0 radical (unpaired) electrons. The van der Waals surface area contributed by atoms with Crippen LogP contribution in [0.15, 0.2) is 14.7 Å². The highest BCUT2D eigenvalue weighted by Gasteiger charge is 2.30. The van der Waals surface area contributed by atoms with Crippen molar-refractivity contribution < 1.29 is 8.42 Å². The quantitative estimate of drug-likeness (QED) is 0.706. The summed E-state index contributed by atoms with van der Waals surface area (Å²) in [6.07, 6.45) is 2.44. The maximum absolute atomic E-state index is 12.4. The van der Waals surface area contributed by atoms with E-state index in [1.165, 1.54) is 24.2 Å². The zero-order valence-corrected chi connectivity index (χ0v) is 15.7. The van der Waals surface area contributed by atoms with Gasteiger partial charge < -0.3 is 5.32 Å². The van der Waals surface area contributed by atoms with E-state index in [9.17, 15) is 8.42 Å². The maximum Gasteiger partial charge on any atom is 0.242 e. The van der Waals surface area contributed by atoms with E-state index in [0.29, 0.717) is 27.8 Å². The predicted molar refractivity (Wildman–Crippen MR) is 90.2 cm³/mol. The molecule has 1 atom stereocenters. The molecule has 0 amide bonds. The molecular formula is C13H22BrN3O2S2. The second-order valence-corrected chi connectivity index (χ2v) is 9.67. The largest absolute Gasteiger partial charge is 0.315 e. The molecule has 2 N–H and O–H groups in total. The number of halogens is 1. The van der Waals surface area contributed by atoms with Crippen molar-refractivity contribution >= 4 is 37.3 Å². The standard InChI is InChI=1S/C13H22BrN3O2S2/c1-9(17(3)10-4-5-10)7-16-21(18,19)12-6-11(8-15-2)20-13(12)14/h6,9-10,15-16H,4-5,7-8H2,1-3H3. The lowest BCUT2D eigenvalue weighted by Crippen LogP contribution is -2.41. The lowest BCUT2D eigenvalue weighted by Gasteiger charge is -2.24. The fourth-order valence-corrected chi connectivity index (χ4v) is 5.95. The highest BCUT2D eigenvalue weighted by molar-refractivity contribution is 9.11. The Labute approximate surface area is 139 Å². The highest BCUT2D eigenvalue weighted by Crippen LogP contribution is 2.32. The minimum atomic E-state index is -3.46. The van der Waals surface area contributed by atoms with Crippen LogP contribution in [0.2, 0.25) is 0 Å². The van der Waals surface area contributed by atoms with E-state index in [4.69, 9.17) is 0 Å². The molecule has 5 nitrogen and oxygen atoms in total. The van der Waals surface area contributed by atoms with Crippen LogP contribution in [0.1, 0.15) is 24.6 Å². The summed E-state index contributed by atoms with van der Waals surface area (Å²) in [5.74, 6) is 0. The predicted octanol–water partition coefficient (Wildman–Crippen LogP) is 1.99. The van der Waals surface area contributed by atoms with E-state index in [2.05, 4.69) is 44.8 Å². The van der Waals surface area contributed by atoms with Gasteiger partial charge in [-0.15, -0.1) is 11.3 Å². The van der Waals surface area contributed by atoms with Crippen molar-refractivity contribution in [3.8, 4) is 0 Å². The third-order valence-corrected chi connectivity index (χ3v) is 7.41. The van der Waals surface area contributed by atoms with Crippen molar-refractivity contribution in [1.82, 2.24) is 14.9 Å². The smallest absolute Gasteiger partial charge is 0.242 e. The molecule has 120 valence electrons. The first-order valence-electron chi connectivity index (χ1n) is 6.99. The fraction of sp³-hybridized carbons (Fsp3) is 0.692. The van der Waals surface area contributed by atoms with Gasteiger partial charge in [0, 0.05) is 30.1 Å². The second kappa shape index (κ2) is 7.06. The van der Waals surface area contributed by atoms with Crippen LogP contribution in [0.5, 0.6) is 0 Å². The van der Waals surface area contributed by atoms with Crippen LogP contribution < -0.4 is 10.0 Å². The normalized spacial score (nSPS) is 17.4. The van der Waals surface area contributed by atoms with Gasteiger partial charge in [0.05, 0.1) is 3.79 Å². The lowest BCUT2D eigenvalue weighted by molar-refractivity contribution is 0.248. The molecule has 1 saturated carbocycles. The molecule has 0 bridgehead atoms. The number of nitrogens with one attached hydrogen (secondary N) is 2. The van der Waals surface area contributed by atoms with Crippen molar-refractivity contribution in [1.29, 1.82) is 0 Å². The van der Waals surface area contributed by atoms with E-state index < -0.39 is 10.0 Å². The van der Waals surface area contributed by atoms with E-state index in [1.807, 2.05) is 7.05 Å². The third kappa shape index (κ3) is 4.49. The number of sulfonamides is 1. The van der Waals surface area contributed by atoms with Crippen molar-refractivity contribution in [3.05, 3.63) is 14.7 Å². The van der Waals surface area contributed by atoms with E-state index in [-0.39, 0.29) is 6.04 Å². The molecule has 1 aliphatic rings. The average molecular weight is 396 g/mol. The summed E-state index contributed by atoms with van der Waals surface area (Å²) in [6.45, 7) is 3.15. The second-order valence-electron chi connectivity index (χ2n) is 5.48. The number of rotatable bonds is 8. The first-order chi connectivity index (χ1) is 9.85. The molecule has 1 heterocycles. The molecular weight excluding hydrogens is 374 g/mol. The zero-order valence-electron chi connectivity index (χ0n) is 12.5. The number of nitrogens with zero attached hydrogens (tertiary/aromatic N) is 1. The maximum atomic E-state index is 12.4. The molecule has 1 fully saturated rings. The minimum Gasteiger partial charge on any atom is -0.315 e. The molecule has 0 spiro atoms. The molecule has 1 aromatic heterocycles. The van der Waals surface area contributed by atoms with Gasteiger partial charge >= 0.3 is 0 Å². The average Bonchev–Trinajstić information content (AvgIpc) is 3.20. The minimum absolute atomic E-state index is 0.196. The molecule has 0 saturated heterocycles. The van der Waals surface area contributed by atoms with Gasteiger partial charge in [-0.2, -0.15) is 0 Å². The molecule has 0 aliphatic heterocycles. The Morgan fingerprint density at radius 1 is 1.52 bits per heavy atom. The van der Waals surface area contributed by atoms with Crippen molar-refractivity contribution in [2.75, 3.05) is 20.6 Å². The Morgan fingerprint density at radius 2 is 2.19 bits per heavy atom. The van der Waals surface area contributed by atoms with Crippen LogP contribution in [-0.2, 0) is 16.6 Å². The number of hydrogen-bond donors (Lipinski definition) is 2. The Morgan fingerprint density at radius 3 is 2.76 bits per heavy atom. The molecule has 1 unspecified atom stereocenters. The SMILES string of the molecule is CNCc1cc(S(=O)(=O)NCC(C)N(C)C2CC2)c(Br)s1. The Bertz CT molecular complexity index is 584. The molecule has 8 heteroatoms. The number of thiophene rings is 1. The fourth-order valence-electron chi connectivity index (χ4n) is 2.14. The summed E-state index contributed by atoms with van der Waals surface area (Å²) in [7, 11) is 0.437. The van der Waals surface area contributed by atoms with Crippen LogP contribution in [0.25, 0.3) is 0 Å². The lowest BCUT2D eigenvalue weighted by atomic mass is 10.3. The van der Waals surface area contributed by atoms with E-state index in [1.54, 1.807) is 6.07 Å². The van der Waals surface area contributed by atoms with Crippen LogP contribution >= 0.6 is 27.3 Å². The van der Waals surface area contributed by atoms with Gasteiger partial charge in [-0.3, -0.25) is 4.90 Å². The monoisotopic (exact) mass is 395 g/mol. The molecule has 2 rings (SSSR count). The van der Waals surface area contributed by atoms with Crippen molar-refractivity contribution in [2.24, 2.45) is 0 Å². The molecule has 1 aliphatic carbocycles. The Kier molecular flexibility index (Phi) is 5.84. The van der Waals surface area contributed by atoms with Gasteiger partial charge in [0.15, 0.2) is 0 Å². The molecule has 21 heavy (non-hydrogen) atoms. The molecule has 1 aromatic rings. The topological polar surface area (TPSA) is 61.4 Å². The van der Waals surface area contributed by atoms with Gasteiger partial charge in [-0.05, 0) is 55.9 Å². The van der Waals surface area contributed by atoms with Gasteiger partial charge in [0.25, 0.3) is 0 Å².